The van der Waals surface area contributed by atoms with Crippen molar-refractivity contribution >= 4 is 5.91 Å². The molecule has 20 heavy (non-hydrogen) atoms. The van der Waals surface area contributed by atoms with Crippen molar-refractivity contribution in [3.8, 4) is 11.5 Å². The van der Waals surface area contributed by atoms with Crippen LogP contribution in [0.4, 0.5) is 0 Å². The van der Waals surface area contributed by atoms with Crippen molar-refractivity contribution in [2.45, 2.75) is 25.3 Å². The zero-order chi connectivity index (χ0) is 13.9. The molecule has 3 rings (SSSR count). The van der Waals surface area contributed by atoms with Crippen molar-refractivity contribution < 1.29 is 9.32 Å². The van der Waals surface area contributed by atoms with Gasteiger partial charge in [0.05, 0.1) is 0 Å². The highest BCUT2D eigenvalue weighted by Gasteiger charge is 2.26. The van der Waals surface area contributed by atoms with Crippen LogP contribution in [-0.4, -0.2) is 28.6 Å². The van der Waals surface area contributed by atoms with Gasteiger partial charge in [0, 0.05) is 11.6 Å². The van der Waals surface area contributed by atoms with Gasteiger partial charge in [-0.3, -0.25) is 4.79 Å². The van der Waals surface area contributed by atoms with Gasteiger partial charge in [-0.25, -0.2) is 0 Å². The number of carbonyl (C=O) groups is 1. The molecule has 1 saturated carbocycles. The van der Waals surface area contributed by atoms with Gasteiger partial charge >= 0.3 is 0 Å². The van der Waals surface area contributed by atoms with Crippen LogP contribution in [0.1, 0.15) is 29.0 Å². The lowest BCUT2D eigenvalue weighted by Crippen LogP contribution is -2.26. The molecule has 1 aromatic carbocycles. The molecule has 1 amide bonds. The maximum absolute atomic E-state index is 11.8. The molecule has 0 aliphatic heterocycles. The van der Waals surface area contributed by atoms with Crippen molar-refractivity contribution in [2.24, 2.45) is 5.73 Å². The highest BCUT2D eigenvalue weighted by atomic mass is 16.5. The Morgan fingerprint density at radius 3 is 2.95 bits per heavy atom. The Hall–Kier alpha value is -2.21. The lowest BCUT2D eigenvalue weighted by atomic mass is 10.0. The SMILES string of the molecule is NCCc1ccccc1-c1nc(C(=O)NC2CC2)no1. The Kier molecular flexibility index (Phi) is 3.47. The van der Waals surface area contributed by atoms with Crippen molar-refractivity contribution in [1.29, 1.82) is 0 Å². The first kappa shape index (κ1) is 12.8. The van der Waals surface area contributed by atoms with Crippen LogP contribution in [0.15, 0.2) is 28.8 Å². The number of hydrogen-bond donors (Lipinski definition) is 2. The van der Waals surface area contributed by atoms with E-state index in [1.807, 2.05) is 24.3 Å². The Balaban J connectivity index is 1.83. The second kappa shape index (κ2) is 5.42. The monoisotopic (exact) mass is 272 g/mol. The van der Waals surface area contributed by atoms with Crippen LogP contribution in [0, 0.1) is 0 Å². The fourth-order valence-electron chi connectivity index (χ4n) is 2.01. The van der Waals surface area contributed by atoms with Crippen molar-refractivity contribution in [3.05, 3.63) is 35.7 Å². The maximum Gasteiger partial charge on any atom is 0.292 e. The van der Waals surface area contributed by atoms with E-state index in [-0.39, 0.29) is 17.8 Å². The molecule has 0 bridgehead atoms. The summed E-state index contributed by atoms with van der Waals surface area (Å²) < 4.78 is 5.20. The standard InChI is InChI=1S/C14H16N4O2/c15-8-7-9-3-1-2-4-11(9)14-17-12(18-20-14)13(19)16-10-5-6-10/h1-4,10H,5-8,15H2,(H,16,19). The topological polar surface area (TPSA) is 94.0 Å². The van der Waals surface area contributed by atoms with Crippen LogP contribution in [-0.2, 0) is 6.42 Å². The lowest BCUT2D eigenvalue weighted by Gasteiger charge is -2.03. The van der Waals surface area contributed by atoms with Gasteiger partial charge in [-0.2, -0.15) is 4.98 Å². The Labute approximate surface area is 116 Å². The number of aromatic nitrogens is 2. The Morgan fingerprint density at radius 2 is 2.20 bits per heavy atom. The van der Waals surface area contributed by atoms with Gasteiger partial charge in [0.2, 0.25) is 0 Å². The number of hydrogen-bond acceptors (Lipinski definition) is 5. The number of carbonyl (C=O) groups excluding carboxylic acids is 1. The minimum absolute atomic E-state index is 0.0782. The van der Waals surface area contributed by atoms with E-state index in [0.29, 0.717) is 12.4 Å². The average Bonchev–Trinajstić information content (AvgIpc) is 3.13. The average molecular weight is 272 g/mol. The Morgan fingerprint density at radius 1 is 1.40 bits per heavy atom. The van der Waals surface area contributed by atoms with Gasteiger partial charge in [-0.1, -0.05) is 23.4 Å². The van der Waals surface area contributed by atoms with Gasteiger partial charge < -0.3 is 15.6 Å². The summed E-state index contributed by atoms with van der Waals surface area (Å²) in [5.74, 6) is 0.156. The van der Waals surface area contributed by atoms with Crippen LogP contribution in [0.25, 0.3) is 11.5 Å². The molecule has 1 fully saturated rings. The molecule has 6 heteroatoms. The predicted molar refractivity (Wildman–Crippen MR) is 73.0 cm³/mol. The summed E-state index contributed by atoms with van der Waals surface area (Å²) in [5.41, 5.74) is 7.46. The number of benzene rings is 1. The molecule has 0 radical (unpaired) electrons. The molecule has 6 nitrogen and oxygen atoms in total. The van der Waals surface area contributed by atoms with Gasteiger partial charge in [-0.15, -0.1) is 0 Å². The van der Waals surface area contributed by atoms with Crippen LogP contribution < -0.4 is 11.1 Å². The van der Waals surface area contributed by atoms with E-state index < -0.39 is 0 Å². The summed E-state index contributed by atoms with van der Waals surface area (Å²) in [6.07, 6.45) is 2.77. The normalized spacial score (nSPS) is 14.2. The first-order valence-electron chi connectivity index (χ1n) is 6.71. The van der Waals surface area contributed by atoms with Crippen LogP contribution in [0.3, 0.4) is 0 Å². The second-order valence-corrected chi connectivity index (χ2v) is 4.87. The molecular formula is C14H16N4O2. The van der Waals surface area contributed by atoms with E-state index in [1.165, 1.54) is 0 Å². The third-order valence-electron chi connectivity index (χ3n) is 3.20. The van der Waals surface area contributed by atoms with E-state index in [0.717, 1.165) is 30.4 Å². The van der Waals surface area contributed by atoms with Crippen LogP contribution >= 0.6 is 0 Å². The number of nitrogens with one attached hydrogen (secondary N) is 1. The number of nitrogens with two attached hydrogens (primary N) is 1. The molecule has 0 spiro atoms. The van der Waals surface area contributed by atoms with Gasteiger partial charge in [0.25, 0.3) is 17.6 Å². The highest BCUT2D eigenvalue weighted by molar-refractivity contribution is 5.91. The fraction of sp³-hybridized carbons (Fsp3) is 0.357. The third kappa shape index (κ3) is 2.70. The first-order chi connectivity index (χ1) is 9.78. The lowest BCUT2D eigenvalue weighted by molar-refractivity contribution is 0.0937. The third-order valence-corrected chi connectivity index (χ3v) is 3.20. The van der Waals surface area contributed by atoms with E-state index >= 15 is 0 Å². The summed E-state index contributed by atoms with van der Waals surface area (Å²) >= 11 is 0. The van der Waals surface area contributed by atoms with E-state index in [9.17, 15) is 4.79 Å². The largest absolute Gasteiger partial charge is 0.346 e. The maximum atomic E-state index is 11.8. The zero-order valence-electron chi connectivity index (χ0n) is 11.0. The molecule has 0 unspecified atom stereocenters. The molecule has 1 heterocycles. The van der Waals surface area contributed by atoms with Gasteiger partial charge in [0.15, 0.2) is 0 Å². The summed E-state index contributed by atoms with van der Waals surface area (Å²) in [6, 6.07) is 7.96. The molecule has 1 aliphatic rings. The van der Waals surface area contributed by atoms with Crippen molar-refractivity contribution in [3.63, 3.8) is 0 Å². The Bertz CT molecular complexity index is 619. The van der Waals surface area contributed by atoms with E-state index in [4.69, 9.17) is 10.3 Å². The van der Waals surface area contributed by atoms with Crippen molar-refractivity contribution in [2.75, 3.05) is 6.54 Å². The molecule has 1 aliphatic carbocycles. The van der Waals surface area contributed by atoms with Gasteiger partial charge in [-0.05, 0) is 37.4 Å². The van der Waals surface area contributed by atoms with E-state index in [1.54, 1.807) is 0 Å². The molecule has 104 valence electrons. The number of nitrogens with zero attached hydrogens (tertiary/aromatic N) is 2. The van der Waals surface area contributed by atoms with Crippen molar-refractivity contribution in [1.82, 2.24) is 15.5 Å². The molecular weight excluding hydrogens is 256 g/mol. The van der Waals surface area contributed by atoms with E-state index in [2.05, 4.69) is 15.5 Å². The summed E-state index contributed by atoms with van der Waals surface area (Å²) in [7, 11) is 0. The smallest absolute Gasteiger partial charge is 0.292 e. The molecule has 0 atom stereocenters. The number of amides is 1. The van der Waals surface area contributed by atoms with Gasteiger partial charge in [0.1, 0.15) is 0 Å². The predicted octanol–water partition coefficient (Wildman–Crippen LogP) is 1.13. The summed E-state index contributed by atoms with van der Waals surface area (Å²) in [6.45, 7) is 0.542. The fourth-order valence-corrected chi connectivity index (χ4v) is 2.01. The summed E-state index contributed by atoms with van der Waals surface area (Å²) in [4.78, 5) is 16.0. The molecule has 1 aromatic heterocycles. The molecule has 3 N–H and O–H groups in total. The molecule has 0 saturated heterocycles. The van der Waals surface area contributed by atoms with Crippen LogP contribution in [0.5, 0.6) is 0 Å². The zero-order valence-corrected chi connectivity index (χ0v) is 11.0. The second-order valence-electron chi connectivity index (χ2n) is 4.87. The minimum atomic E-state index is -0.279. The number of rotatable bonds is 5. The first-order valence-corrected chi connectivity index (χ1v) is 6.71. The summed E-state index contributed by atoms with van der Waals surface area (Å²) in [5, 5.41) is 6.58. The highest BCUT2D eigenvalue weighted by Crippen LogP contribution is 2.23. The quantitative estimate of drug-likeness (QED) is 0.851. The molecule has 2 aromatic rings. The minimum Gasteiger partial charge on any atom is -0.346 e. The van der Waals surface area contributed by atoms with Crippen LogP contribution in [0.2, 0.25) is 0 Å².